The van der Waals surface area contributed by atoms with Crippen LogP contribution < -0.4 is 0 Å². The highest BCUT2D eigenvalue weighted by Gasteiger charge is 2.44. The fraction of sp³-hybridized carbons (Fsp3) is 0.857. The summed E-state index contributed by atoms with van der Waals surface area (Å²) in [6, 6.07) is 0. The Labute approximate surface area is 109 Å². The second-order valence-corrected chi connectivity index (χ2v) is 6.09. The van der Waals surface area contributed by atoms with E-state index in [2.05, 4.69) is 0 Å². The molecule has 18 heavy (non-hydrogen) atoms. The van der Waals surface area contributed by atoms with Gasteiger partial charge in [0.05, 0.1) is 5.41 Å². The van der Waals surface area contributed by atoms with Crippen LogP contribution in [0.4, 0.5) is 0 Å². The molecule has 1 aliphatic carbocycles. The monoisotopic (exact) mass is 255 g/mol. The number of nitrogens with zero attached hydrogens (tertiary/aromatic N) is 1. The number of hydrogen-bond donors (Lipinski definition) is 1. The van der Waals surface area contributed by atoms with Crippen molar-refractivity contribution in [2.45, 2.75) is 64.8 Å². The molecule has 0 bridgehead atoms. The standard InChI is InChI=1S/C14H25NO3/c1-5-13(2,3)15(4)11(16)10-14(12(17)18)8-6-7-9-14/h5-10H2,1-4H3,(H,17,18). The maximum Gasteiger partial charge on any atom is 0.310 e. The lowest BCUT2D eigenvalue weighted by molar-refractivity contribution is -0.154. The average molecular weight is 255 g/mol. The fourth-order valence-electron chi connectivity index (χ4n) is 2.50. The normalized spacial score (nSPS) is 18.7. The van der Waals surface area contributed by atoms with Gasteiger partial charge in [-0.3, -0.25) is 9.59 Å². The van der Waals surface area contributed by atoms with E-state index in [1.165, 1.54) is 0 Å². The maximum atomic E-state index is 12.3. The van der Waals surface area contributed by atoms with E-state index in [-0.39, 0.29) is 17.9 Å². The Morgan fingerprint density at radius 1 is 1.28 bits per heavy atom. The van der Waals surface area contributed by atoms with Crippen molar-refractivity contribution in [2.24, 2.45) is 5.41 Å². The molecule has 1 rings (SSSR count). The van der Waals surface area contributed by atoms with Gasteiger partial charge in [-0.1, -0.05) is 19.8 Å². The molecule has 0 spiro atoms. The van der Waals surface area contributed by atoms with Crippen LogP contribution in [0.3, 0.4) is 0 Å². The van der Waals surface area contributed by atoms with E-state index in [1.807, 2.05) is 20.8 Å². The van der Waals surface area contributed by atoms with Gasteiger partial charge >= 0.3 is 5.97 Å². The van der Waals surface area contributed by atoms with Gasteiger partial charge in [0.1, 0.15) is 0 Å². The van der Waals surface area contributed by atoms with E-state index < -0.39 is 11.4 Å². The molecule has 1 fully saturated rings. The Morgan fingerprint density at radius 2 is 1.78 bits per heavy atom. The molecule has 104 valence electrons. The SMILES string of the molecule is CCC(C)(C)N(C)C(=O)CC1(C(=O)O)CCCC1. The number of amides is 1. The largest absolute Gasteiger partial charge is 0.481 e. The van der Waals surface area contributed by atoms with Crippen molar-refractivity contribution >= 4 is 11.9 Å². The number of rotatable bonds is 5. The summed E-state index contributed by atoms with van der Waals surface area (Å²) in [5.41, 5.74) is -1.02. The number of carboxylic acids is 1. The van der Waals surface area contributed by atoms with Crippen molar-refractivity contribution < 1.29 is 14.7 Å². The number of carbonyl (C=O) groups is 2. The predicted octanol–water partition coefficient (Wildman–Crippen LogP) is 2.67. The smallest absolute Gasteiger partial charge is 0.310 e. The van der Waals surface area contributed by atoms with Crippen molar-refractivity contribution in [1.29, 1.82) is 0 Å². The first-order valence-corrected chi connectivity index (χ1v) is 6.75. The van der Waals surface area contributed by atoms with Crippen LogP contribution in [0.15, 0.2) is 0 Å². The second-order valence-electron chi connectivity index (χ2n) is 6.09. The van der Waals surface area contributed by atoms with Crippen molar-refractivity contribution in [1.82, 2.24) is 4.90 Å². The first kappa shape index (κ1) is 15.0. The first-order chi connectivity index (χ1) is 8.25. The van der Waals surface area contributed by atoms with Crippen LogP contribution in [0, 0.1) is 5.41 Å². The van der Waals surface area contributed by atoms with E-state index >= 15 is 0 Å². The molecule has 0 aliphatic heterocycles. The summed E-state index contributed by atoms with van der Waals surface area (Å²) in [6.45, 7) is 6.05. The Kier molecular flexibility index (Phi) is 4.41. The molecule has 4 nitrogen and oxygen atoms in total. The third kappa shape index (κ3) is 2.85. The predicted molar refractivity (Wildman–Crippen MR) is 70.3 cm³/mol. The van der Waals surface area contributed by atoms with Crippen LogP contribution in [0.25, 0.3) is 0 Å². The Morgan fingerprint density at radius 3 is 2.17 bits per heavy atom. The van der Waals surface area contributed by atoms with E-state index in [0.717, 1.165) is 19.3 Å². The van der Waals surface area contributed by atoms with Gasteiger partial charge in [-0.05, 0) is 33.1 Å². The van der Waals surface area contributed by atoms with E-state index in [4.69, 9.17) is 0 Å². The highest BCUT2D eigenvalue weighted by Crippen LogP contribution is 2.42. The number of aliphatic carboxylic acids is 1. The lowest BCUT2D eigenvalue weighted by atomic mass is 9.82. The minimum Gasteiger partial charge on any atom is -0.481 e. The molecule has 0 aromatic heterocycles. The van der Waals surface area contributed by atoms with Gasteiger partial charge < -0.3 is 10.0 Å². The van der Waals surface area contributed by atoms with Gasteiger partial charge in [-0.2, -0.15) is 0 Å². The topological polar surface area (TPSA) is 57.6 Å². The second kappa shape index (κ2) is 5.29. The molecule has 1 saturated carbocycles. The minimum absolute atomic E-state index is 0.0499. The molecule has 1 aliphatic rings. The third-order valence-corrected chi connectivity index (χ3v) is 4.65. The lowest BCUT2D eigenvalue weighted by Crippen LogP contribution is -2.47. The number of carbonyl (C=O) groups excluding carboxylic acids is 1. The molecular formula is C14H25NO3. The summed E-state index contributed by atoms with van der Waals surface area (Å²) in [4.78, 5) is 25.4. The van der Waals surface area contributed by atoms with Gasteiger partial charge in [0, 0.05) is 19.0 Å². The summed E-state index contributed by atoms with van der Waals surface area (Å²) in [6.07, 6.45) is 4.10. The van der Waals surface area contributed by atoms with Gasteiger partial charge in [-0.15, -0.1) is 0 Å². The zero-order valence-corrected chi connectivity index (χ0v) is 12.0. The summed E-state index contributed by atoms with van der Waals surface area (Å²) in [5.74, 6) is -0.859. The summed E-state index contributed by atoms with van der Waals surface area (Å²) in [5, 5.41) is 9.38. The summed E-state index contributed by atoms with van der Waals surface area (Å²) < 4.78 is 0. The Hall–Kier alpha value is -1.06. The third-order valence-electron chi connectivity index (χ3n) is 4.65. The maximum absolute atomic E-state index is 12.3. The van der Waals surface area contributed by atoms with Gasteiger partial charge in [0.15, 0.2) is 0 Å². The van der Waals surface area contributed by atoms with Crippen LogP contribution in [0.2, 0.25) is 0 Å². The van der Waals surface area contributed by atoms with Crippen molar-refractivity contribution in [3.8, 4) is 0 Å². The van der Waals surface area contributed by atoms with Crippen LogP contribution in [-0.4, -0.2) is 34.5 Å². The molecule has 0 unspecified atom stereocenters. The Bertz CT molecular complexity index is 330. The Balaban J connectivity index is 2.77. The summed E-state index contributed by atoms with van der Waals surface area (Å²) >= 11 is 0. The minimum atomic E-state index is -0.810. The fourth-order valence-corrected chi connectivity index (χ4v) is 2.50. The molecule has 0 radical (unpaired) electrons. The van der Waals surface area contributed by atoms with Crippen molar-refractivity contribution in [3.63, 3.8) is 0 Å². The van der Waals surface area contributed by atoms with E-state index in [1.54, 1.807) is 11.9 Å². The highest BCUT2D eigenvalue weighted by atomic mass is 16.4. The zero-order valence-electron chi connectivity index (χ0n) is 12.0. The van der Waals surface area contributed by atoms with Gasteiger partial charge in [0.25, 0.3) is 0 Å². The lowest BCUT2D eigenvalue weighted by Gasteiger charge is -2.37. The molecular weight excluding hydrogens is 230 g/mol. The zero-order chi connectivity index (χ0) is 14.0. The van der Waals surface area contributed by atoms with Crippen LogP contribution in [-0.2, 0) is 9.59 Å². The van der Waals surface area contributed by atoms with Crippen molar-refractivity contribution in [2.75, 3.05) is 7.05 Å². The van der Waals surface area contributed by atoms with Crippen LogP contribution in [0.1, 0.15) is 59.3 Å². The molecule has 4 heteroatoms. The molecule has 0 saturated heterocycles. The van der Waals surface area contributed by atoms with E-state index in [0.29, 0.717) is 12.8 Å². The molecule has 0 heterocycles. The van der Waals surface area contributed by atoms with Crippen LogP contribution in [0.5, 0.6) is 0 Å². The summed E-state index contributed by atoms with van der Waals surface area (Å²) in [7, 11) is 1.77. The average Bonchev–Trinajstić information content (AvgIpc) is 2.77. The molecule has 0 atom stereocenters. The molecule has 0 aromatic carbocycles. The first-order valence-electron chi connectivity index (χ1n) is 6.75. The van der Waals surface area contributed by atoms with Gasteiger partial charge in [-0.25, -0.2) is 0 Å². The van der Waals surface area contributed by atoms with E-state index in [9.17, 15) is 14.7 Å². The molecule has 0 aromatic rings. The highest BCUT2D eigenvalue weighted by molar-refractivity contribution is 5.85. The van der Waals surface area contributed by atoms with Gasteiger partial charge in [0.2, 0.25) is 5.91 Å². The van der Waals surface area contributed by atoms with Crippen molar-refractivity contribution in [3.05, 3.63) is 0 Å². The molecule has 1 amide bonds. The quantitative estimate of drug-likeness (QED) is 0.821. The number of hydrogen-bond acceptors (Lipinski definition) is 2. The number of carboxylic acid groups (broad SMARTS) is 1. The molecule has 1 N–H and O–H groups in total. The van der Waals surface area contributed by atoms with Crippen LogP contribution >= 0.6 is 0 Å².